The Morgan fingerprint density at radius 2 is 1.94 bits per heavy atom. The number of nitrogens with zero attached hydrogens (tertiary/aromatic N) is 1. The smallest absolute Gasteiger partial charge is 0.0951 e. The van der Waals surface area contributed by atoms with Crippen LogP contribution < -0.4 is 0 Å². The fourth-order valence-electron chi connectivity index (χ4n) is 1.83. The molecular weight excluding hydrogens is 198 g/mol. The van der Waals surface area contributed by atoms with Crippen LogP contribution in [0.1, 0.15) is 18.1 Å². The zero-order valence-corrected chi connectivity index (χ0v) is 9.18. The van der Waals surface area contributed by atoms with E-state index >= 15 is 0 Å². The molecular formula is C14H13NO. The molecule has 0 aliphatic rings. The van der Waals surface area contributed by atoms with Crippen LogP contribution in [0.25, 0.3) is 10.8 Å². The first-order valence-corrected chi connectivity index (χ1v) is 5.23. The van der Waals surface area contributed by atoms with Crippen LogP contribution in [-0.2, 0) is 4.74 Å². The lowest BCUT2D eigenvalue weighted by Crippen LogP contribution is -1.99. The average molecular weight is 211 g/mol. The highest BCUT2D eigenvalue weighted by atomic mass is 16.5. The van der Waals surface area contributed by atoms with Crippen LogP contribution in [0.15, 0.2) is 42.5 Å². The zero-order chi connectivity index (χ0) is 11.4. The van der Waals surface area contributed by atoms with Gasteiger partial charge in [-0.15, -0.1) is 0 Å². The highest BCUT2D eigenvalue weighted by molar-refractivity contribution is 5.83. The van der Waals surface area contributed by atoms with Gasteiger partial charge in [-0.2, -0.15) is 5.26 Å². The van der Waals surface area contributed by atoms with Gasteiger partial charge in [0, 0.05) is 7.11 Å². The number of benzene rings is 2. The predicted octanol–water partition coefficient (Wildman–Crippen LogP) is 3.44. The summed E-state index contributed by atoms with van der Waals surface area (Å²) in [5, 5.41) is 11.1. The molecule has 1 atom stereocenters. The molecule has 0 fully saturated rings. The Morgan fingerprint density at radius 1 is 1.19 bits per heavy atom. The van der Waals surface area contributed by atoms with Gasteiger partial charge in [0.1, 0.15) is 0 Å². The largest absolute Gasteiger partial charge is 0.376 e. The number of methoxy groups -OCH3 is 1. The molecule has 0 saturated carbocycles. The molecule has 0 spiro atoms. The Labute approximate surface area is 95.1 Å². The summed E-state index contributed by atoms with van der Waals surface area (Å²) in [7, 11) is 1.64. The first-order chi connectivity index (χ1) is 7.85. The highest BCUT2D eigenvalue weighted by Gasteiger charge is 2.09. The van der Waals surface area contributed by atoms with Crippen molar-refractivity contribution in [3.05, 3.63) is 48.0 Å². The Balaban J connectivity index is 2.42. The molecule has 0 aliphatic carbocycles. The van der Waals surface area contributed by atoms with E-state index in [-0.39, 0.29) is 6.10 Å². The molecule has 0 radical (unpaired) electrons. The molecule has 0 aromatic heterocycles. The molecule has 16 heavy (non-hydrogen) atoms. The molecule has 0 aliphatic heterocycles. The van der Waals surface area contributed by atoms with Gasteiger partial charge in [0.05, 0.1) is 18.6 Å². The monoisotopic (exact) mass is 211 g/mol. The number of hydrogen-bond acceptors (Lipinski definition) is 2. The van der Waals surface area contributed by atoms with E-state index in [1.165, 1.54) is 10.8 Å². The minimum absolute atomic E-state index is 0.130. The molecule has 0 saturated heterocycles. The van der Waals surface area contributed by atoms with Gasteiger partial charge < -0.3 is 4.74 Å². The molecule has 80 valence electrons. The van der Waals surface area contributed by atoms with Crippen molar-refractivity contribution >= 4 is 10.8 Å². The summed E-state index contributed by atoms with van der Waals surface area (Å²) >= 11 is 0. The third kappa shape index (κ3) is 2.05. The summed E-state index contributed by atoms with van der Waals surface area (Å²) in [6.45, 7) is 0. The summed E-state index contributed by atoms with van der Waals surface area (Å²) in [5.74, 6) is 0. The van der Waals surface area contributed by atoms with Gasteiger partial charge in [-0.1, -0.05) is 36.4 Å². The van der Waals surface area contributed by atoms with Gasteiger partial charge in [0.25, 0.3) is 0 Å². The van der Waals surface area contributed by atoms with E-state index in [0.29, 0.717) is 6.42 Å². The summed E-state index contributed by atoms with van der Waals surface area (Å²) in [6.07, 6.45) is 0.254. The van der Waals surface area contributed by atoms with Crippen molar-refractivity contribution in [3.8, 4) is 6.07 Å². The standard InChI is InChI=1S/C14H13NO/c1-16-14(8-9-15)13-7-6-11-4-2-3-5-12(11)10-13/h2-7,10,14H,8H2,1H3. The van der Waals surface area contributed by atoms with E-state index in [1.54, 1.807) is 7.11 Å². The number of ether oxygens (including phenoxy) is 1. The van der Waals surface area contributed by atoms with Crippen molar-refractivity contribution < 1.29 is 4.74 Å². The highest BCUT2D eigenvalue weighted by Crippen LogP contribution is 2.24. The fourth-order valence-corrected chi connectivity index (χ4v) is 1.83. The van der Waals surface area contributed by atoms with Crippen molar-refractivity contribution in [3.63, 3.8) is 0 Å². The van der Waals surface area contributed by atoms with E-state index in [1.807, 2.05) is 18.2 Å². The molecule has 2 aromatic carbocycles. The van der Waals surface area contributed by atoms with Gasteiger partial charge in [-0.3, -0.25) is 0 Å². The fraction of sp³-hybridized carbons (Fsp3) is 0.214. The van der Waals surface area contributed by atoms with Crippen molar-refractivity contribution in [2.45, 2.75) is 12.5 Å². The van der Waals surface area contributed by atoms with Gasteiger partial charge in [0.15, 0.2) is 0 Å². The van der Waals surface area contributed by atoms with Crippen LogP contribution >= 0.6 is 0 Å². The van der Waals surface area contributed by atoms with Crippen LogP contribution in [0, 0.1) is 11.3 Å². The molecule has 0 heterocycles. The van der Waals surface area contributed by atoms with Crippen LogP contribution in [0.4, 0.5) is 0 Å². The summed E-state index contributed by atoms with van der Waals surface area (Å²) in [5.41, 5.74) is 1.06. The van der Waals surface area contributed by atoms with E-state index in [0.717, 1.165) is 5.56 Å². The first-order valence-electron chi connectivity index (χ1n) is 5.23. The Morgan fingerprint density at radius 3 is 2.62 bits per heavy atom. The second-order valence-corrected chi connectivity index (χ2v) is 3.69. The third-order valence-electron chi connectivity index (χ3n) is 2.71. The number of fused-ring (bicyclic) bond motifs is 1. The number of hydrogen-bond donors (Lipinski definition) is 0. The molecule has 0 N–H and O–H groups in total. The average Bonchev–Trinajstić information content (AvgIpc) is 2.35. The van der Waals surface area contributed by atoms with Gasteiger partial charge in [0.2, 0.25) is 0 Å². The van der Waals surface area contributed by atoms with E-state index < -0.39 is 0 Å². The quantitative estimate of drug-likeness (QED) is 0.779. The van der Waals surface area contributed by atoms with Crippen LogP contribution in [0.3, 0.4) is 0 Å². The number of rotatable bonds is 3. The van der Waals surface area contributed by atoms with Crippen molar-refractivity contribution in [2.24, 2.45) is 0 Å². The normalized spacial score (nSPS) is 12.2. The number of nitriles is 1. The van der Waals surface area contributed by atoms with E-state index in [4.69, 9.17) is 10.00 Å². The lowest BCUT2D eigenvalue weighted by Gasteiger charge is -2.12. The minimum atomic E-state index is -0.130. The van der Waals surface area contributed by atoms with Crippen molar-refractivity contribution in [1.82, 2.24) is 0 Å². The van der Waals surface area contributed by atoms with Crippen LogP contribution in [-0.4, -0.2) is 7.11 Å². The van der Waals surface area contributed by atoms with Crippen molar-refractivity contribution in [2.75, 3.05) is 7.11 Å². The van der Waals surface area contributed by atoms with Crippen LogP contribution in [0.5, 0.6) is 0 Å². The summed E-state index contributed by atoms with van der Waals surface area (Å²) in [6, 6.07) is 16.5. The molecule has 2 aromatic rings. The van der Waals surface area contributed by atoms with Crippen LogP contribution in [0.2, 0.25) is 0 Å². The maximum absolute atomic E-state index is 8.71. The third-order valence-corrected chi connectivity index (χ3v) is 2.71. The molecule has 0 bridgehead atoms. The Kier molecular flexibility index (Phi) is 3.19. The topological polar surface area (TPSA) is 33.0 Å². The molecule has 2 rings (SSSR count). The minimum Gasteiger partial charge on any atom is -0.376 e. The maximum Gasteiger partial charge on any atom is 0.0951 e. The Hall–Kier alpha value is -1.85. The first kappa shape index (κ1) is 10.7. The second-order valence-electron chi connectivity index (χ2n) is 3.69. The van der Waals surface area contributed by atoms with Gasteiger partial charge in [-0.05, 0) is 22.4 Å². The molecule has 1 unspecified atom stereocenters. The van der Waals surface area contributed by atoms with E-state index in [2.05, 4.69) is 30.3 Å². The molecule has 2 nitrogen and oxygen atoms in total. The molecule has 2 heteroatoms. The van der Waals surface area contributed by atoms with Crippen molar-refractivity contribution in [1.29, 1.82) is 5.26 Å². The van der Waals surface area contributed by atoms with Gasteiger partial charge >= 0.3 is 0 Å². The predicted molar refractivity (Wildman–Crippen MR) is 63.9 cm³/mol. The molecule has 0 amide bonds. The second kappa shape index (κ2) is 4.78. The summed E-state index contributed by atoms with van der Waals surface area (Å²) < 4.78 is 5.30. The lowest BCUT2D eigenvalue weighted by molar-refractivity contribution is 0.107. The lowest BCUT2D eigenvalue weighted by atomic mass is 10.0. The van der Waals surface area contributed by atoms with Gasteiger partial charge in [-0.25, -0.2) is 0 Å². The SMILES string of the molecule is COC(CC#N)c1ccc2ccccc2c1. The van der Waals surface area contributed by atoms with E-state index in [9.17, 15) is 0 Å². The summed E-state index contributed by atoms with van der Waals surface area (Å²) in [4.78, 5) is 0. The Bertz CT molecular complexity index is 527. The zero-order valence-electron chi connectivity index (χ0n) is 9.18. The maximum atomic E-state index is 8.71.